The Morgan fingerprint density at radius 3 is 2.83 bits per heavy atom. The molecule has 3 N–H and O–H groups in total. The SMILES string of the molecule is CCc1cc(C)cc2[nH]c(C(=O)N3CCc4[nH]nc(C(=O)N(C)CCO)c4C3)cc12. The first-order chi connectivity index (χ1) is 14.4. The number of carbonyl (C=O) groups excluding carboxylic acids is 2. The number of aromatic nitrogens is 3. The second-order valence-corrected chi connectivity index (χ2v) is 7.88. The molecule has 0 unspecified atom stereocenters. The number of aromatic amines is 2. The smallest absolute Gasteiger partial charge is 0.274 e. The van der Waals surface area contributed by atoms with Gasteiger partial charge in [-0.3, -0.25) is 14.7 Å². The van der Waals surface area contributed by atoms with E-state index in [4.69, 9.17) is 5.11 Å². The molecular weight excluding hydrogens is 382 g/mol. The lowest BCUT2D eigenvalue weighted by Gasteiger charge is -2.27. The van der Waals surface area contributed by atoms with Gasteiger partial charge in [0.2, 0.25) is 0 Å². The van der Waals surface area contributed by atoms with Gasteiger partial charge >= 0.3 is 0 Å². The summed E-state index contributed by atoms with van der Waals surface area (Å²) in [6.45, 7) is 5.17. The monoisotopic (exact) mass is 409 g/mol. The first-order valence-corrected chi connectivity index (χ1v) is 10.3. The number of hydrogen-bond donors (Lipinski definition) is 3. The number of nitrogens with one attached hydrogen (secondary N) is 2. The number of benzene rings is 1. The molecular formula is C22H27N5O3. The van der Waals surface area contributed by atoms with Gasteiger partial charge in [0.1, 0.15) is 5.69 Å². The Labute approximate surface area is 174 Å². The van der Waals surface area contributed by atoms with Crippen molar-refractivity contribution in [3.05, 3.63) is 52.0 Å². The quantitative estimate of drug-likeness (QED) is 0.599. The van der Waals surface area contributed by atoms with E-state index in [9.17, 15) is 9.59 Å². The van der Waals surface area contributed by atoms with Gasteiger partial charge in [0.05, 0.1) is 13.2 Å². The van der Waals surface area contributed by atoms with E-state index in [0.29, 0.717) is 30.9 Å². The zero-order chi connectivity index (χ0) is 21.4. The molecule has 0 fully saturated rings. The third kappa shape index (κ3) is 3.47. The van der Waals surface area contributed by atoms with Gasteiger partial charge in [-0.05, 0) is 36.6 Å². The van der Waals surface area contributed by atoms with Gasteiger partial charge in [-0.2, -0.15) is 5.10 Å². The molecule has 8 heteroatoms. The Hall–Kier alpha value is -3.13. The van der Waals surface area contributed by atoms with E-state index in [2.05, 4.69) is 41.2 Å². The molecule has 158 valence electrons. The Kier molecular flexibility index (Phi) is 5.34. The third-order valence-corrected chi connectivity index (χ3v) is 5.78. The van der Waals surface area contributed by atoms with Crippen molar-refractivity contribution in [3.63, 3.8) is 0 Å². The molecule has 0 spiro atoms. The molecule has 2 amide bonds. The molecule has 0 radical (unpaired) electrons. The summed E-state index contributed by atoms with van der Waals surface area (Å²) in [4.78, 5) is 32.4. The second-order valence-electron chi connectivity index (χ2n) is 7.88. The molecule has 2 aromatic heterocycles. The molecule has 3 aromatic rings. The van der Waals surface area contributed by atoms with Gasteiger partial charge in [0.25, 0.3) is 11.8 Å². The Morgan fingerprint density at radius 2 is 2.10 bits per heavy atom. The highest BCUT2D eigenvalue weighted by Gasteiger charge is 2.30. The van der Waals surface area contributed by atoms with Gasteiger partial charge < -0.3 is 19.9 Å². The highest BCUT2D eigenvalue weighted by molar-refractivity contribution is 5.99. The van der Waals surface area contributed by atoms with Crippen LogP contribution in [0.4, 0.5) is 0 Å². The Balaban J connectivity index is 1.61. The number of likely N-dealkylation sites (N-methyl/N-ethyl adjacent to an activating group) is 1. The summed E-state index contributed by atoms with van der Waals surface area (Å²) in [7, 11) is 1.63. The maximum Gasteiger partial charge on any atom is 0.274 e. The maximum atomic E-state index is 13.2. The van der Waals surface area contributed by atoms with Crippen molar-refractivity contribution in [2.75, 3.05) is 26.7 Å². The van der Waals surface area contributed by atoms with Crippen molar-refractivity contribution in [2.24, 2.45) is 0 Å². The predicted molar refractivity (Wildman–Crippen MR) is 113 cm³/mol. The Morgan fingerprint density at radius 1 is 1.30 bits per heavy atom. The van der Waals surface area contributed by atoms with Gasteiger partial charge in [-0.15, -0.1) is 0 Å². The fourth-order valence-electron chi connectivity index (χ4n) is 4.13. The van der Waals surface area contributed by atoms with Crippen LogP contribution in [0.25, 0.3) is 10.9 Å². The van der Waals surface area contributed by atoms with Crippen molar-refractivity contribution < 1.29 is 14.7 Å². The van der Waals surface area contributed by atoms with Crippen molar-refractivity contribution in [1.82, 2.24) is 25.0 Å². The van der Waals surface area contributed by atoms with E-state index in [1.807, 2.05) is 6.07 Å². The summed E-state index contributed by atoms with van der Waals surface area (Å²) >= 11 is 0. The molecule has 0 saturated heterocycles. The number of nitrogens with zero attached hydrogens (tertiary/aromatic N) is 3. The van der Waals surface area contributed by atoms with Crippen LogP contribution in [-0.2, 0) is 19.4 Å². The third-order valence-electron chi connectivity index (χ3n) is 5.78. The van der Waals surface area contributed by atoms with Crippen LogP contribution in [0, 0.1) is 6.92 Å². The first-order valence-electron chi connectivity index (χ1n) is 10.3. The van der Waals surface area contributed by atoms with Crippen LogP contribution < -0.4 is 0 Å². The molecule has 4 rings (SSSR count). The van der Waals surface area contributed by atoms with Gasteiger partial charge in [0.15, 0.2) is 5.69 Å². The van der Waals surface area contributed by atoms with Crippen molar-refractivity contribution in [2.45, 2.75) is 33.2 Å². The maximum absolute atomic E-state index is 13.2. The van der Waals surface area contributed by atoms with E-state index in [0.717, 1.165) is 34.1 Å². The zero-order valence-corrected chi connectivity index (χ0v) is 17.6. The predicted octanol–water partition coefficient (Wildman–Crippen LogP) is 2.02. The zero-order valence-electron chi connectivity index (χ0n) is 17.6. The molecule has 1 aromatic carbocycles. The summed E-state index contributed by atoms with van der Waals surface area (Å²) in [5.41, 5.74) is 5.87. The molecule has 1 aliphatic rings. The number of aliphatic hydroxyl groups excluding tert-OH is 1. The number of rotatable bonds is 5. The number of H-pyrrole nitrogens is 2. The van der Waals surface area contributed by atoms with Crippen LogP contribution in [0.2, 0.25) is 0 Å². The van der Waals surface area contributed by atoms with Crippen molar-refractivity contribution in [1.29, 1.82) is 0 Å². The van der Waals surface area contributed by atoms with Crippen LogP contribution in [0.5, 0.6) is 0 Å². The highest BCUT2D eigenvalue weighted by Crippen LogP contribution is 2.26. The van der Waals surface area contributed by atoms with Crippen LogP contribution in [-0.4, -0.2) is 68.6 Å². The lowest BCUT2D eigenvalue weighted by molar-refractivity contribution is 0.0714. The minimum absolute atomic E-state index is 0.0835. The molecule has 0 bridgehead atoms. The van der Waals surface area contributed by atoms with Crippen LogP contribution in [0.3, 0.4) is 0 Å². The number of carbonyl (C=O) groups is 2. The minimum atomic E-state index is -0.260. The molecule has 0 aliphatic carbocycles. The topological polar surface area (TPSA) is 105 Å². The molecule has 30 heavy (non-hydrogen) atoms. The number of amides is 2. The average molecular weight is 409 g/mol. The van der Waals surface area contributed by atoms with E-state index in [-0.39, 0.29) is 25.0 Å². The van der Waals surface area contributed by atoms with E-state index >= 15 is 0 Å². The molecule has 1 aliphatic heterocycles. The summed E-state index contributed by atoms with van der Waals surface area (Å²) in [5.74, 6) is -0.343. The summed E-state index contributed by atoms with van der Waals surface area (Å²) < 4.78 is 0. The number of aliphatic hydroxyl groups is 1. The largest absolute Gasteiger partial charge is 0.395 e. The lowest BCUT2D eigenvalue weighted by atomic mass is 10.0. The Bertz CT molecular complexity index is 1110. The lowest BCUT2D eigenvalue weighted by Crippen LogP contribution is -2.37. The normalized spacial score (nSPS) is 13.5. The number of fused-ring (bicyclic) bond motifs is 2. The number of hydrogen-bond acceptors (Lipinski definition) is 4. The standard InChI is InChI=1S/C22H27N5O3/c1-4-14-9-13(2)10-18-15(14)11-19(23-18)21(29)27-6-5-17-16(12-27)20(25-24-17)22(30)26(3)7-8-28/h9-11,23,28H,4-8,12H2,1-3H3,(H,24,25). The van der Waals surface area contributed by atoms with Gasteiger partial charge in [0, 0.05) is 48.7 Å². The summed E-state index contributed by atoms with van der Waals surface area (Å²) in [5, 5.41) is 17.3. The summed E-state index contributed by atoms with van der Waals surface area (Å²) in [6, 6.07) is 6.15. The first kappa shape index (κ1) is 20.2. The van der Waals surface area contributed by atoms with Crippen LogP contribution >= 0.6 is 0 Å². The van der Waals surface area contributed by atoms with Crippen molar-refractivity contribution >= 4 is 22.7 Å². The fraction of sp³-hybridized carbons (Fsp3) is 0.409. The second kappa shape index (κ2) is 7.95. The van der Waals surface area contributed by atoms with Crippen LogP contribution in [0.1, 0.15) is 50.3 Å². The molecule has 0 saturated carbocycles. The van der Waals surface area contributed by atoms with Crippen LogP contribution in [0.15, 0.2) is 18.2 Å². The highest BCUT2D eigenvalue weighted by atomic mass is 16.3. The average Bonchev–Trinajstić information content (AvgIpc) is 3.35. The fourth-order valence-corrected chi connectivity index (χ4v) is 4.13. The van der Waals surface area contributed by atoms with E-state index in [1.54, 1.807) is 11.9 Å². The molecule has 8 nitrogen and oxygen atoms in total. The van der Waals surface area contributed by atoms with E-state index < -0.39 is 0 Å². The molecule has 0 atom stereocenters. The van der Waals surface area contributed by atoms with E-state index in [1.165, 1.54) is 10.5 Å². The van der Waals surface area contributed by atoms with Gasteiger partial charge in [-0.1, -0.05) is 13.0 Å². The molecule has 3 heterocycles. The van der Waals surface area contributed by atoms with Gasteiger partial charge in [-0.25, -0.2) is 0 Å². The minimum Gasteiger partial charge on any atom is -0.395 e. The van der Waals surface area contributed by atoms with Crippen molar-refractivity contribution in [3.8, 4) is 0 Å². The summed E-state index contributed by atoms with van der Waals surface area (Å²) in [6.07, 6.45) is 1.52. The number of aryl methyl sites for hydroxylation is 2.